The zero-order valence-corrected chi connectivity index (χ0v) is 19.3. The predicted octanol–water partition coefficient (Wildman–Crippen LogP) is 2.78. The molecule has 2 aromatic carbocycles. The number of nitrogens with zero attached hydrogens (tertiary/aromatic N) is 4. The lowest BCUT2D eigenvalue weighted by atomic mass is 10.0. The molecular formula is C23H24FN5O3S. The SMILES string of the molecule is Cc1cc(C)cc(-c2ncn(/C=C(/C(N)=O)c3cccc(S(=O)(=O)N4CC(C)(F)C4)c3)n2)c1. The van der Waals surface area contributed by atoms with Gasteiger partial charge in [-0.25, -0.2) is 22.5 Å². The lowest BCUT2D eigenvalue weighted by molar-refractivity contribution is -0.112. The van der Waals surface area contributed by atoms with E-state index in [9.17, 15) is 17.6 Å². The van der Waals surface area contributed by atoms with Crippen molar-refractivity contribution in [2.24, 2.45) is 5.73 Å². The molecule has 0 aliphatic carbocycles. The number of carbonyl (C=O) groups is 1. The van der Waals surface area contributed by atoms with Gasteiger partial charge in [0.1, 0.15) is 12.0 Å². The largest absolute Gasteiger partial charge is 0.366 e. The van der Waals surface area contributed by atoms with Crippen LogP contribution in [0, 0.1) is 13.8 Å². The number of hydrogen-bond acceptors (Lipinski definition) is 5. The molecule has 1 amide bonds. The van der Waals surface area contributed by atoms with Gasteiger partial charge in [-0.15, -0.1) is 5.10 Å². The van der Waals surface area contributed by atoms with Crippen molar-refractivity contribution in [2.45, 2.75) is 31.3 Å². The Morgan fingerprint density at radius 2 is 1.82 bits per heavy atom. The summed E-state index contributed by atoms with van der Waals surface area (Å²) in [5, 5.41) is 4.40. The monoisotopic (exact) mass is 469 g/mol. The number of halogens is 1. The summed E-state index contributed by atoms with van der Waals surface area (Å²) in [6.07, 6.45) is 2.84. The van der Waals surface area contributed by atoms with Crippen LogP contribution in [0.3, 0.4) is 0 Å². The van der Waals surface area contributed by atoms with Gasteiger partial charge in [0, 0.05) is 24.9 Å². The first-order valence-corrected chi connectivity index (χ1v) is 11.7. The molecule has 1 aliphatic rings. The summed E-state index contributed by atoms with van der Waals surface area (Å²) >= 11 is 0. The van der Waals surface area contributed by atoms with E-state index >= 15 is 0 Å². The second kappa shape index (κ2) is 8.20. The topological polar surface area (TPSA) is 111 Å². The van der Waals surface area contributed by atoms with Crippen LogP contribution in [-0.4, -0.2) is 52.2 Å². The van der Waals surface area contributed by atoms with E-state index in [-0.39, 0.29) is 23.6 Å². The molecular weight excluding hydrogens is 445 g/mol. The Morgan fingerprint density at radius 3 is 2.42 bits per heavy atom. The maximum atomic E-state index is 13.8. The normalized spacial score (nSPS) is 16.4. The third kappa shape index (κ3) is 4.71. The van der Waals surface area contributed by atoms with E-state index in [0.29, 0.717) is 11.4 Å². The third-order valence-corrected chi connectivity index (χ3v) is 7.10. The van der Waals surface area contributed by atoms with Crippen LogP contribution in [0.2, 0.25) is 0 Å². The molecule has 0 spiro atoms. The summed E-state index contributed by atoms with van der Waals surface area (Å²) in [5.41, 5.74) is 7.39. The van der Waals surface area contributed by atoms with Crippen LogP contribution in [0.4, 0.5) is 4.39 Å². The molecule has 0 unspecified atom stereocenters. The summed E-state index contributed by atoms with van der Waals surface area (Å²) in [7, 11) is -3.89. The lowest BCUT2D eigenvalue weighted by Crippen LogP contribution is -2.58. The smallest absolute Gasteiger partial charge is 0.250 e. The van der Waals surface area contributed by atoms with Gasteiger partial charge in [0.2, 0.25) is 10.0 Å². The average molecular weight is 470 g/mol. The first-order valence-electron chi connectivity index (χ1n) is 10.3. The highest BCUT2D eigenvalue weighted by atomic mass is 32.2. The molecule has 0 bridgehead atoms. The fourth-order valence-corrected chi connectivity index (χ4v) is 5.52. The van der Waals surface area contributed by atoms with Crippen molar-refractivity contribution in [1.29, 1.82) is 0 Å². The molecule has 33 heavy (non-hydrogen) atoms. The molecule has 1 fully saturated rings. The minimum Gasteiger partial charge on any atom is -0.366 e. The van der Waals surface area contributed by atoms with E-state index in [1.165, 1.54) is 42.3 Å². The van der Waals surface area contributed by atoms with Crippen LogP contribution in [0.25, 0.3) is 23.2 Å². The Kier molecular flexibility index (Phi) is 5.67. The van der Waals surface area contributed by atoms with Crippen molar-refractivity contribution in [3.63, 3.8) is 0 Å². The van der Waals surface area contributed by atoms with Crippen molar-refractivity contribution in [1.82, 2.24) is 19.1 Å². The van der Waals surface area contributed by atoms with Gasteiger partial charge in [-0.05, 0) is 50.6 Å². The molecule has 172 valence electrons. The van der Waals surface area contributed by atoms with Crippen molar-refractivity contribution in [3.05, 3.63) is 65.5 Å². The first kappa shape index (κ1) is 22.8. The quantitative estimate of drug-likeness (QED) is 0.558. The average Bonchev–Trinajstić information content (AvgIpc) is 3.18. The fraction of sp³-hybridized carbons (Fsp3) is 0.261. The third-order valence-electron chi connectivity index (χ3n) is 5.31. The van der Waals surface area contributed by atoms with Crippen molar-refractivity contribution >= 4 is 27.7 Å². The summed E-state index contributed by atoms with van der Waals surface area (Å²) < 4.78 is 41.9. The van der Waals surface area contributed by atoms with Gasteiger partial charge < -0.3 is 5.73 Å². The minimum atomic E-state index is -3.89. The first-order chi connectivity index (χ1) is 15.4. The molecule has 2 N–H and O–H groups in total. The van der Waals surface area contributed by atoms with Gasteiger partial charge in [-0.2, -0.15) is 4.31 Å². The second-order valence-corrected chi connectivity index (χ2v) is 10.5. The van der Waals surface area contributed by atoms with Crippen molar-refractivity contribution < 1.29 is 17.6 Å². The maximum absolute atomic E-state index is 13.8. The summed E-state index contributed by atoms with van der Waals surface area (Å²) in [4.78, 5) is 16.5. The summed E-state index contributed by atoms with van der Waals surface area (Å²) in [6, 6.07) is 11.8. The van der Waals surface area contributed by atoms with Crippen LogP contribution in [0.15, 0.2) is 53.7 Å². The lowest BCUT2D eigenvalue weighted by Gasteiger charge is -2.40. The number of alkyl halides is 1. The number of amides is 1. The molecule has 4 rings (SSSR count). The molecule has 0 atom stereocenters. The minimum absolute atomic E-state index is 0.0443. The highest BCUT2D eigenvalue weighted by molar-refractivity contribution is 7.89. The Balaban J connectivity index is 1.67. The number of aryl methyl sites for hydroxylation is 2. The Hall–Kier alpha value is -3.37. The van der Waals surface area contributed by atoms with E-state index in [1.807, 2.05) is 32.0 Å². The fourth-order valence-electron chi connectivity index (χ4n) is 3.82. The van der Waals surface area contributed by atoms with E-state index < -0.39 is 21.6 Å². The van der Waals surface area contributed by atoms with E-state index in [2.05, 4.69) is 10.1 Å². The number of nitrogens with two attached hydrogens (primary N) is 1. The zero-order chi connectivity index (χ0) is 24.0. The van der Waals surface area contributed by atoms with Crippen LogP contribution < -0.4 is 5.73 Å². The van der Waals surface area contributed by atoms with Crippen molar-refractivity contribution in [2.75, 3.05) is 13.1 Å². The van der Waals surface area contributed by atoms with Crippen LogP contribution in [0.1, 0.15) is 23.6 Å². The van der Waals surface area contributed by atoms with Gasteiger partial charge in [0.25, 0.3) is 5.91 Å². The van der Waals surface area contributed by atoms with E-state index in [0.717, 1.165) is 21.0 Å². The van der Waals surface area contributed by atoms with Crippen LogP contribution >= 0.6 is 0 Å². The Bertz CT molecular complexity index is 1350. The number of benzene rings is 2. The standard InChI is InChI=1S/C23H24FN5O3S/c1-15-7-16(2)9-18(8-15)22-26-14-28(27-22)11-20(21(25)30)17-5-4-6-19(10-17)33(31,32)29-12-23(3,24)13-29/h4-11,14H,12-13H2,1-3H3,(H2,25,30)/b20-11+. The molecule has 1 aromatic heterocycles. The molecule has 1 aliphatic heterocycles. The summed E-state index contributed by atoms with van der Waals surface area (Å²) in [6.45, 7) is 4.89. The summed E-state index contributed by atoms with van der Waals surface area (Å²) in [5.74, 6) is -0.279. The highest BCUT2D eigenvalue weighted by Gasteiger charge is 2.45. The van der Waals surface area contributed by atoms with E-state index in [4.69, 9.17) is 5.73 Å². The molecule has 1 saturated heterocycles. The number of aromatic nitrogens is 3. The molecule has 8 nitrogen and oxygen atoms in total. The van der Waals surface area contributed by atoms with Gasteiger partial charge in [0.15, 0.2) is 5.82 Å². The van der Waals surface area contributed by atoms with E-state index in [1.54, 1.807) is 6.07 Å². The van der Waals surface area contributed by atoms with Crippen LogP contribution in [0.5, 0.6) is 0 Å². The van der Waals surface area contributed by atoms with Gasteiger partial charge in [-0.1, -0.05) is 29.3 Å². The number of carbonyl (C=O) groups excluding carboxylic acids is 1. The van der Waals surface area contributed by atoms with Crippen molar-refractivity contribution in [3.8, 4) is 11.4 Å². The molecule has 0 radical (unpaired) electrons. The number of primary amides is 1. The Morgan fingerprint density at radius 1 is 1.15 bits per heavy atom. The highest BCUT2D eigenvalue weighted by Crippen LogP contribution is 2.31. The van der Waals surface area contributed by atoms with Gasteiger partial charge in [-0.3, -0.25) is 4.79 Å². The molecule has 3 aromatic rings. The second-order valence-electron chi connectivity index (χ2n) is 8.55. The molecule has 2 heterocycles. The number of rotatable bonds is 6. The number of sulfonamides is 1. The maximum Gasteiger partial charge on any atom is 0.250 e. The van der Waals surface area contributed by atoms with Gasteiger partial charge in [0.05, 0.1) is 10.5 Å². The molecule has 10 heteroatoms. The number of hydrogen-bond donors (Lipinski definition) is 1. The Labute approximate surface area is 191 Å². The van der Waals surface area contributed by atoms with Crippen LogP contribution in [-0.2, 0) is 14.8 Å². The zero-order valence-electron chi connectivity index (χ0n) is 18.5. The predicted molar refractivity (Wildman–Crippen MR) is 123 cm³/mol. The molecule has 0 saturated carbocycles. The van der Waals surface area contributed by atoms with Gasteiger partial charge >= 0.3 is 0 Å².